The van der Waals surface area contributed by atoms with Gasteiger partial charge in [0.25, 0.3) is 0 Å². The second kappa shape index (κ2) is 3.80. The number of aromatic nitrogens is 2. The van der Waals surface area contributed by atoms with E-state index in [1.807, 2.05) is 0 Å². The summed E-state index contributed by atoms with van der Waals surface area (Å²) in [4.78, 5) is 10.8. The number of hydrogen-bond acceptors (Lipinski definition) is 3. The quantitative estimate of drug-likeness (QED) is 0.716. The molecule has 0 aliphatic heterocycles. The van der Waals surface area contributed by atoms with E-state index in [1.54, 1.807) is 0 Å². The minimum absolute atomic E-state index is 0.397. The molecule has 1 heterocycles. The third-order valence-electron chi connectivity index (χ3n) is 1.89. The Balaban J connectivity index is 3.15. The molecule has 1 aromatic heterocycles. The fourth-order valence-electron chi connectivity index (χ4n) is 1.06. The van der Waals surface area contributed by atoms with E-state index < -0.39 is 17.6 Å². The molecule has 0 radical (unpaired) electrons. The molecular formula is C9H10F2N2O2. The summed E-state index contributed by atoms with van der Waals surface area (Å²) >= 11 is 0. The monoisotopic (exact) mass is 216 g/mol. The van der Waals surface area contributed by atoms with E-state index in [0.717, 1.165) is 13.2 Å². The molecular weight excluding hydrogens is 206 g/mol. The largest absolute Gasteiger partial charge is 0.464 e. The Morgan fingerprint density at radius 3 is 2.73 bits per heavy atom. The molecule has 6 heteroatoms. The summed E-state index contributed by atoms with van der Waals surface area (Å²) in [5.74, 6) is -5.36. The molecule has 0 aliphatic carbocycles. The summed E-state index contributed by atoms with van der Waals surface area (Å²) in [5.41, 5.74) is -0.250. The third-order valence-corrected chi connectivity index (χ3v) is 1.89. The number of carbonyl (C=O) groups excluding carboxylic acids is 1. The van der Waals surface area contributed by atoms with E-state index in [1.165, 1.54) is 17.8 Å². The Morgan fingerprint density at radius 1 is 1.73 bits per heavy atom. The minimum atomic E-state index is -3.73. The first-order chi connectivity index (χ1) is 6.93. The number of halogens is 2. The molecule has 0 unspecified atom stereocenters. The number of methoxy groups -OCH3 is 1. The summed E-state index contributed by atoms with van der Waals surface area (Å²) in [6.07, 6.45) is 1.36. The van der Waals surface area contributed by atoms with Crippen LogP contribution in [0, 0.1) is 0 Å². The molecule has 0 atom stereocenters. The highest BCUT2D eigenvalue weighted by molar-refractivity contribution is 5.78. The van der Waals surface area contributed by atoms with E-state index >= 15 is 0 Å². The van der Waals surface area contributed by atoms with Crippen LogP contribution in [0.25, 0.3) is 6.08 Å². The van der Waals surface area contributed by atoms with Gasteiger partial charge in [-0.1, -0.05) is 6.58 Å². The van der Waals surface area contributed by atoms with Gasteiger partial charge in [-0.15, -0.1) is 0 Å². The van der Waals surface area contributed by atoms with E-state index in [-0.39, 0.29) is 0 Å². The van der Waals surface area contributed by atoms with Gasteiger partial charge in [-0.05, 0) is 12.1 Å². The number of esters is 1. The van der Waals surface area contributed by atoms with Crippen LogP contribution < -0.4 is 0 Å². The number of aryl methyl sites for hydroxylation is 1. The van der Waals surface area contributed by atoms with Gasteiger partial charge in [-0.3, -0.25) is 4.68 Å². The number of alkyl halides is 2. The standard InChI is InChI=1S/C9H10F2N2O2/c1-4-6-5-7(12-13(6)2)9(10,11)8(14)15-3/h4-5H,1H2,2-3H3. The Kier molecular flexibility index (Phi) is 2.88. The van der Waals surface area contributed by atoms with Crippen molar-refractivity contribution in [3.63, 3.8) is 0 Å². The topological polar surface area (TPSA) is 44.1 Å². The number of rotatable bonds is 3. The van der Waals surface area contributed by atoms with Crippen molar-refractivity contribution in [1.82, 2.24) is 9.78 Å². The van der Waals surface area contributed by atoms with Crippen LogP contribution in [0.5, 0.6) is 0 Å². The fraction of sp³-hybridized carbons (Fsp3) is 0.333. The van der Waals surface area contributed by atoms with E-state index in [4.69, 9.17) is 0 Å². The highest BCUT2D eigenvalue weighted by atomic mass is 19.3. The smallest absolute Gasteiger partial charge is 0.386 e. The predicted molar refractivity (Wildman–Crippen MR) is 49.2 cm³/mol. The molecule has 0 aromatic carbocycles. The van der Waals surface area contributed by atoms with Crippen molar-refractivity contribution >= 4 is 12.0 Å². The lowest BCUT2D eigenvalue weighted by Crippen LogP contribution is -2.27. The number of hydrogen-bond donors (Lipinski definition) is 0. The maximum absolute atomic E-state index is 13.3. The van der Waals surface area contributed by atoms with E-state index in [2.05, 4.69) is 16.4 Å². The second-order valence-electron chi connectivity index (χ2n) is 2.85. The third kappa shape index (κ3) is 1.88. The van der Waals surface area contributed by atoms with Gasteiger partial charge < -0.3 is 4.74 Å². The fourth-order valence-corrected chi connectivity index (χ4v) is 1.06. The van der Waals surface area contributed by atoms with Crippen LogP contribution in [0.15, 0.2) is 12.6 Å². The van der Waals surface area contributed by atoms with Gasteiger partial charge in [0.2, 0.25) is 0 Å². The van der Waals surface area contributed by atoms with Crippen molar-refractivity contribution in [2.24, 2.45) is 7.05 Å². The predicted octanol–water partition coefficient (Wildman–Crippen LogP) is 1.33. The van der Waals surface area contributed by atoms with Crippen molar-refractivity contribution in [3.05, 3.63) is 24.0 Å². The first-order valence-corrected chi connectivity index (χ1v) is 4.06. The van der Waals surface area contributed by atoms with Crippen molar-refractivity contribution in [2.45, 2.75) is 5.92 Å². The Labute approximate surface area is 85.1 Å². The average Bonchev–Trinajstić information content (AvgIpc) is 2.58. The molecule has 1 rings (SSSR count). The van der Waals surface area contributed by atoms with Gasteiger partial charge in [0.1, 0.15) is 5.69 Å². The van der Waals surface area contributed by atoms with E-state index in [0.29, 0.717) is 5.69 Å². The van der Waals surface area contributed by atoms with Crippen molar-refractivity contribution in [2.75, 3.05) is 7.11 Å². The molecule has 0 fully saturated rings. The SMILES string of the molecule is C=Cc1cc(C(F)(F)C(=O)OC)nn1C. The molecule has 1 aromatic rings. The molecule has 4 nitrogen and oxygen atoms in total. The van der Waals surface area contributed by atoms with Crippen LogP contribution >= 0.6 is 0 Å². The first kappa shape index (κ1) is 11.4. The minimum Gasteiger partial charge on any atom is -0.464 e. The molecule has 0 aliphatic rings. The van der Waals surface area contributed by atoms with Crippen LogP contribution in [0.2, 0.25) is 0 Å². The lowest BCUT2D eigenvalue weighted by molar-refractivity contribution is -0.170. The van der Waals surface area contributed by atoms with E-state index in [9.17, 15) is 13.6 Å². The molecule has 82 valence electrons. The summed E-state index contributed by atoms with van der Waals surface area (Å²) in [5, 5.41) is 3.52. The zero-order chi connectivity index (χ0) is 11.6. The molecule has 0 spiro atoms. The van der Waals surface area contributed by atoms with Crippen molar-refractivity contribution in [3.8, 4) is 0 Å². The van der Waals surface area contributed by atoms with Gasteiger partial charge in [-0.2, -0.15) is 13.9 Å². The van der Waals surface area contributed by atoms with Crippen LogP contribution in [0.4, 0.5) is 8.78 Å². The lowest BCUT2D eigenvalue weighted by Gasteiger charge is -2.09. The maximum atomic E-state index is 13.3. The molecule has 0 amide bonds. The highest BCUT2D eigenvalue weighted by Gasteiger charge is 2.45. The maximum Gasteiger partial charge on any atom is 0.386 e. The van der Waals surface area contributed by atoms with Gasteiger partial charge in [0.15, 0.2) is 0 Å². The Bertz CT molecular complexity index is 399. The number of nitrogens with zero attached hydrogens (tertiary/aromatic N) is 2. The average molecular weight is 216 g/mol. The molecule has 0 N–H and O–H groups in total. The Morgan fingerprint density at radius 2 is 2.33 bits per heavy atom. The molecule has 0 bridgehead atoms. The van der Waals surface area contributed by atoms with Gasteiger partial charge >= 0.3 is 11.9 Å². The summed E-state index contributed by atoms with van der Waals surface area (Å²) in [7, 11) is 2.38. The molecule has 0 saturated heterocycles. The normalized spacial score (nSPS) is 11.2. The van der Waals surface area contributed by atoms with Crippen LogP contribution in [0.1, 0.15) is 11.4 Å². The van der Waals surface area contributed by atoms with Crippen LogP contribution in [0.3, 0.4) is 0 Å². The van der Waals surface area contributed by atoms with Crippen LogP contribution in [-0.2, 0) is 22.5 Å². The van der Waals surface area contributed by atoms with Crippen molar-refractivity contribution < 1.29 is 18.3 Å². The number of carbonyl (C=O) groups is 1. The second-order valence-corrected chi connectivity index (χ2v) is 2.85. The summed E-state index contributed by atoms with van der Waals surface area (Å²) in [6.45, 7) is 3.43. The lowest BCUT2D eigenvalue weighted by atomic mass is 10.2. The zero-order valence-corrected chi connectivity index (χ0v) is 8.33. The number of ether oxygens (including phenoxy) is 1. The zero-order valence-electron chi connectivity index (χ0n) is 8.33. The first-order valence-electron chi connectivity index (χ1n) is 4.06. The summed E-state index contributed by atoms with van der Waals surface area (Å²) < 4.78 is 31.8. The Hall–Kier alpha value is -1.72. The van der Waals surface area contributed by atoms with Gasteiger partial charge in [-0.25, -0.2) is 4.79 Å². The van der Waals surface area contributed by atoms with Crippen molar-refractivity contribution in [1.29, 1.82) is 0 Å². The van der Waals surface area contributed by atoms with Gasteiger partial charge in [0, 0.05) is 7.05 Å². The highest BCUT2D eigenvalue weighted by Crippen LogP contribution is 2.28. The summed E-state index contributed by atoms with van der Waals surface area (Å²) in [6, 6.07) is 1.09. The molecule has 0 saturated carbocycles. The molecule has 15 heavy (non-hydrogen) atoms. The van der Waals surface area contributed by atoms with Crippen LogP contribution in [-0.4, -0.2) is 22.9 Å². The van der Waals surface area contributed by atoms with Gasteiger partial charge in [0.05, 0.1) is 12.8 Å².